The Morgan fingerprint density at radius 1 is 1.18 bits per heavy atom. The zero-order chi connectivity index (χ0) is 12.3. The summed E-state index contributed by atoms with van der Waals surface area (Å²) in [4.78, 5) is 3.86. The van der Waals surface area contributed by atoms with Crippen molar-refractivity contribution in [2.45, 2.75) is 12.5 Å². The quantitative estimate of drug-likeness (QED) is 0.823. The van der Waals surface area contributed by atoms with Crippen LogP contribution in [0.5, 0.6) is 5.75 Å². The summed E-state index contributed by atoms with van der Waals surface area (Å²) >= 11 is 5.76. The first-order chi connectivity index (χ1) is 8.15. The first kappa shape index (κ1) is 11.9. The molecule has 1 unspecified atom stereocenters. The third-order valence-electron chi connectivity index (χ3n) is 2.50. The normalized spacial score (nSPS) is 12.4. The van der Waals surface area contributed by atoms with E-state index in [4.69, 9.17) is 16.7 Å². The number of aliphatic hydroxyl groups is 1. The van der Waals surface area contributed by atoms with Gasteiger partial charge in [0.25, 0.3) is 0 Å². The second kappa shape index (κ2) is 5.17. The number of aromatic nitrogens is 1. The number of rotatable bonds is 3. The minimum atomic E-state index is -0.625. The van der Waals surface area contributed by atoms with Gasteiger partial charge in [-0.1, -0.05) is 23.7 Å². The number of nitrogens with zero attached hydrogens (tertiary/aromatic N) is 1. The molecule has 0 fully saturated rings. The first-order valence-electron chi connectivity index (χ1n) is 5.22. The molecule has 0 aliphatic rings. The highest BCUT2D eigenvalue weighted by atomic mass is 35.5. The molecule has 4 heteroatoms. The molecule has 0 bridgehead atoms. The number of phenols is 1. The molecular formula is C13H12ClNO2. The Bertz CT molecular complexity index is 499. The lowest BCUT2D eigenvalue weighted by Crippen LogP contribution is -2.01. The minimum absolute atomic E-state index is 0.218. The largest absolute Gasteiger partial charge is 0.508 e. The molecule has 0 aliphatic carbocycles. The minimum Gasteiger partial charge on any atom is -0.508 e. The number of hydrogen-bond acceptors (Lipinski definition) is 3. The van der Waals surface area contributed by atoms with E-state index in [0.29, 0.717) is 11.6 Å². The highest BCUT2D eigenvalue weighted by Crippen LogP contribution is 2.21. The average Bonchev–Trinajstić information content (AvgIpc) is 2.32. The second-order valence-corrected chi connectivity index (χ2v) is 4.19. The van der Waals surface area contributed by atoms with E-state index < -0.39 is 6.10 Å². The van der Waals surface area contributed by atoms with Crippen LogP contribution in [0.1, 0.15) is 17.2 Å². The summed E-state index contributed by atoms with van der Waals surface area (Å²) in [6.07, 6.45) is 1.42. The number of hydrogen-bond donors (Lipinski definition) is 2. The van der Waals surface area contributed by atoms with E-state index in [1.807, 2.05) is 0 Å². The molecule has 0 saturated heterocycles. The van der Waals surface area contributed by atoms with Crippen LogP contribution in [-0.2, 0) is 6.42 Å². The van der Waals surface area contributed by atoms with Crippen molar-refractivity contribution >= 4 is 11.6 Å². The van der Waals surface area contributed by atoms with Crippen molar-refractivity contribution in [1.82, 2.24) is 4.98 Å². The van der Waals surface area contributed by atoms with E-state index in [1.54, 1.807) is 42.6 Å². The van der Waals surface area contributed by atoms with Crippen molar-refractivity contribution in [3.63, 3.8) is 0 Å². The Hall–Kier alpha value is -1.58. The number of aliphatic hydroxyl groups excluding tert-OH is 1. The van der Waals surface area contributed by atoms with Gasteiger partial charge < -0.3 is 10.2 Å². The smallest absolute Gasteiger partial charge is 0.129 e. The van der Waals surface area contributed by atoms with Gasteiger partial charge in [0.15, 0.2) is 0 Å². The second-order valence-electron chi connectivity index (χ2n) is 3.80. The number of phenolic OH excluding ortho intramolecular Hbond substituents is 1. The van der Waals surface area contributed by atoms with E-state index >= 15 is 0 Å². The average molecular weight is 250 g/mol. The summed E-state index contributed by atoms with van der Waals surface area (Å²) in [7, 11) is 0. The van der Waals surface area contributed by atoms with E-state index in [0.717, 1.165) is 11.1 Å². The molecule has 1 aromatic carbocycles. The lowest BCUT2D eigenvalue weighted by Gasteiger charge is -2.11. The topological polar surface area (TPSA) is 53.4 Å². The molecular weight excluding hydrogens is 238 g/mol. The fraction of sp³-hybridized carbons (Fsp3) is 0.154. The highest BCUT2D eigenvalue weighted by Gasteiger charge is 2.09. The molecule has 2 aromatic rings. The Morgan fingerprint density at radius 2 is 1.88 bits per heavy atom. The van der Waals surface area contributed by atoms with E-state index in [9.17, 15) is 5.11 Å². The van der Waals surface area contributed by atoms with Crippen LogP contribution in [0, 0.1) is 0 Å². The van der Waals surface area contributed by atoms with Crippen LogP contribution in [0.3, 0.4) is 0 Å². The molecule has 0 amide bonds. The molecule has 1 aromatic heterocycles. The predicted octanol–water partition coefficient (Wildman–Crippen LogP) is 2.72. The van der Waals surface area contributed by atoms with Crippen molar-refractivity contribution in [3.05, 3.63) is 58.9 Å². The Balaban J connectivity index is 2.11. The summed E-state index contributed by atoms with van der Waals surface area (Å²) in [5.41, 5.74) is 1.68. The Kier molecular flexibility index (Phi) is 3.61. The molecule has 0 aliphatic heterocycles. The molecule has 0 saturated carbocycles. The molecule has 2 N–H and O–H groups in total. The third-order valence-corrected chi connectivity index (χ3v) is 2.71. The van der Waals surface area contributed by atoms with Gasteiger partial charge in [0.1, 0.15) is 10.9 Å². The maximum Gasteiger partial charge on any atom is 0.129 e. The SMILES string of the molecule is Oc1ccc(CC(O)c2ccnc(Cl)c2)cc1. The van der Waals surface area contributed by atoms with Crippen LogP contribution in [0.2, 0.25) is 5.15 Å². The fourth-order valence-electron chi connectivity index (χ4n) is 1.60. The molecule has 1 atom stereocenters. The van der Waals surface area contributed by atoms with Gasteiger partial charge >= 0.3 is 0 Å². The summed E-state index contributed by atoms with van der Waals surface area (Å²) < 4.78 is 0. The molecule has 1 heterocycles. The van der Waals surface area contributed by atoms with E-state index in [-0.39, 0.29) is 5.75 Å². The zero-order valence-corrected chi connectivity index (χ0v) is 9.80. The van der Waals surface area contributed by atoms with Crippen molar-refractivity contribution < 1.29 is 10.2 Å². The molecule has 0 spiro atoms. The first-order valence-corrected chi connectivity index (χ1v) is 5.60. The summed E-state index contributed by atoms with van der Waals surface area (Å²) in [6, 6.07) is 10.1. The van der Waals surface area contributed by atoms with Gasteiger partial charge in [-0.15, -0.1) is 0 Å². The predicted molar refractivity (Wildman–Crippen MR) is 66.0 cm³/mol. The molecule has 3 nitrogen and oxygen atoms in total. The van der Waals surface area contributed by atoms with E-state index in [2.05, 4.69) is 4.98 Å². The third kappa shape index (κ3) is 3.19. The molecule has 17 heavy (non-hydrogen) atoms. The van der Waals surface area contributed by atoms with Crippen LogP contribution in [0.4, 0.5) is 0 Å². The number of pyridine rings is 1. The molecule has 0 radical (unpaired) electrons. The van der Waals surface area contributed by atoms with Crippen LogP contribution < -0.4 is 0 Å². The lowest BCUT2D eigenvalue weighted by atomic mass is 10.0. The van der Waals surface area contributed by atoms with Gasteiger partial charge in [-0.25, -0.2) is 4.98 Å². The Labute approximate surface area is 104 Å². The molecule has 88 valence electrons. The van der Waals surface area contributed by atoms with Crippen molar-refractivity contribution in [2.24, 2.45) is 0 Å². The van der Waals surface area contributed by atoms with Gasteiger partial charge in [0.2, 0.25) is 0 Å². The van der Waals surface area contributed by atoms with Gasteiger partial charge in [0.05, 0.1) is 6.10 Å². The molecule has 2 rings (SSSR count). The summed E-state index contributed by atoms with van der Waals surface area (Å²) in [5, 5.41) is 19.5. The standard InChI is InChI=1S/C13H12ClNO2/c14-13-8-10(5-6-15-13)12(17)7-9-1-3-11(16)4-2-9/h1-6,8,12,16-17H,7H2. The van der Waals surface area contributed by atoms with Crippen LogP contribution >= 0.6 is 11.6 Å². The number of benzene rings is 1. The van der Waals surface area contributed by atoms with Crippen LogP contribution in [-0.4, -0.2) is 15.2 Å². The van der Waals surface area contributed by atoms with Crippen molar-refractivity contribution in [3.8, 4) is 5.75 Å². The lowest BCUT2D eigenvalue weighted by molar-refractivity contribution is 0.178. The van der Waals surface area contributed by atoms with Crippen molar-refractivity contribution in [2.75, 3.05) is 0 Å². The summed E-state index contributed by atoms with van der Waals surface area (Å²) in [6.45, 7) is 0. The number of aromatic hydroxyl groups is 1. The van der Waals surface area contributed by atoms with Crippen molar-refractivity contribution in [1.29, 1.82) is 0 Å². The highest BCUT2D eigenvalue weighted by molar-refractivity contribution is 6.29. The number of halogens is 1. The van der Waals surface area contributed by atoms with Gasteiger partial charge in [-0.05, 0) is 35.4 Å². The van der Waals surface area contributed by atoms with Crippen LogP contribution in [0.25, 0.3) is 0 Å². The Morgan fingerprint density at radius 3 is 2.53 bits per heavy atom. The van der Waals surface area contributed by atoms with Gasteiger partial charge in [-0.3, -0.25) is 0 Å². The fourth-order valence-corrected chi connectivity index (χ4v) is 1.78. The maximum absolute atomic E-state index is 10.0. The maximum atomic E-state index is 10.0. The van der Waals surface area contributed by atoms with E-state index in [1.165, 1.54) is 0 Å². The monoisotopic (exact) mass is 249 g/mol. The summed E-state index contributed by atoms with van der Waals surface area (Å²) in [5.74, 6) is 0.218. The van der Waals surface area contributed by atoms with Gasteiger partial charge in [0, 0.05) is 12.6 Å². The van der Waals surface area contributed by atoms with Gasteiger partial charge in [-0.2, -0.15) is 0 Å². The zero-order valence-electron chi connectivity index (χ0n) is 9.05. The van der Waals surface area contributed by atoms with Crippen LogP contribution in [0.15, 0.2) is 42.6 Å².